The second kappa shape index (κ2) is 10.7. The number of oxazole rings is 1. The highest BCUT2D eigenvalue weighted by atomic mass is 19.1. The van der Waals surface area contributed by atoms with Crippen molar-refractivity contribution in [2.24, 2.45) is 0 Å². The highest BCUT2D eigenvalue weighted by molar-refractivity contribution is 5.99. The fraction of sp³-hybridized carbons (Fsp3) is 0.241. The van der Waals surface area contributed by atoms with E-state index in [9.17, 15) is 9.18 Å². The molecule has 5 aromatic rings. The number of piperidine rings is 1. The van der Waals surface area contributed by atoms with Gasteiger partial charge in [0, 0.05) is 37.1 Å². The van der Waals surface area contributed by atoms with E-state index < -0.39 is 0 Å². The molecule has 4 heterocycles. The molecule has 0 bridgehead atoms. The number of hydrogen-bond acceptors (Lipinski definition) is 8. The van der Waals surface area contributed by atoms with Crippen molar-refractivity contribution >= 4 is 17.7 Å². The van der Waals surface area contributed by atoms with Gasteiger partial charge >= 0.3 is 5.84 Å². The largest absolute Gasteiger partial charge is 0.496 e. The van der Waals surface area contributed by atoms with Crippen LogP contribution in [0.25, 0.3) is 28.5 Å². The first-order chi connectivity index (χ1) is 19.6. The van der Waals surface area contributed by atoms with Crippen molar-refractivity contribution in [3.63, 3.8) is 0 Å². The monoisotopic (exact) mass is 542 g/mol. The van der Waals surface area contributed by atoms with Gasteiger partial charge in [-0.25, -0.2) is 14.4 Å². The highest BCUT2D eigenvalue weighted by Crippen LogP contribution is 2.33. The van der Waals surface area contributed by atoms with Gasteiger partial charge in [-0.2, -0.15) is 4.98 Å². The number of hydrogen-bond donors (Lipinski definition) is 1. The minimum Gasteiger partial charge on any atom is -0.496 e. The predicted molar refractivity (Wildman–Crippen MR) is 146 cm³/mol. The molecular formula is C29H27FN6O4. The summed E-state index contributed by atoms with van der Waals surface area (Å²) in [5, 5.41) is 3.42. The summed E-state index contributed by atoms with van der Waals surface area (Å²) in [6.45, 7) is 1.12. The summed E-state index contributed by atoms with van der Waals surface area (Å²) in [6.07, 6.45) is 6.44. The van der Waals surface area contributed by atoms with Crippen molar-refractivity contribution in [1.82, 2.24) is 24.3 Å². The van der Waals surface area contributed by atoms with Gasteiger partial charge in [0.2, 0.25) is 5.95 Å². The lowest BCUT2D eigenvalue weighted by atomic mass is 10.0. The Labute approximate surface area is 229 Å². The second-order valence-electron chi connectivity index (χ2n) is 9.39. The SMILES string of the molecule is COc1cccc(OC)c1C(=O)N1CCC(Nc2nccc(-c3c(-c4ccc(F)cc4)nc4occn34)n2)CC1. The number of nitrogens with one attached hydrogen (secondary N) is 1. The van der Waals surface area contributed by atoms with Crippen LogP contribution in [0.5, 0.6) is 11.5 Å². The lowest BCUT2D eigenvalue weighted by Gasteiger charge is -2.33. The number of carbonyl (C=O) groups excluding carboxylic acids is 1. The molecule has 2 aromatic carbocycles. The Kier molecular flexibility index (Phi) is 6.77. The fourth-order valence-corrected chi connectivity index (χ4v) is 5.03. The molecule has 10 nitrogen and oxygen atoms in total. The number of imidazole rings is 1. The number of carbonyl (C=O) groups is 1. The average Bonchev–Trinajstić information content (AvgIpc) is 3.59. The third-order valence-electron chi connectivity index (χ3n) is 7.04. The van der Waals surface area contributed by atoms with E-state index in [1.165, 1.54) is 12.1 Å². The van der Waals surface area contributed by atoms with Gasteiger partial charge in [-0.3, -0.25) is 9.20 Å². The van der Waals surface area contributed by atoms with Gasteiger partial charge < -0.3 is 24.1 Å². The average molecular weight is 543 g/mol. The zero-order chi connectivity index (χ0) is 27.6. The molecule has 1 fully saturated rings. The van der Waals surface area contributed by atoms with E-state index in [2.05, 4.69) is 15.3 Å². The number of halogens is 1. The first-order valence-electron chi connectivity index (χ1n) is 12.9. The standard InChI is InChI=1S/C29H27FN6O4/c1-38-22-4-3-5-23(39-2)24(22)27(37)35-14-11-20(12-15-35)32-28-31-13-10-21(33-28)26-25(18-6-8-19(30)9-7-18)34-29-36(26)16-17-40-29/h3-10,13,16-17,20H,11-12,14-15H2,1-2H3,(H,31,32,33). The molecule has 0 radical (unpaired) electrons. The fourth-order valence-electron chi connectivity index (χ4n) is 5.03. The summed E-state index contributed by atoms with van der Waals surface area (Å²) in [5.41, 5.74) is 3.15. The minimum atomic E-state index is -0.323. The summed E-state index contributed by atoms with van der Waals surface area (Å²) in [7, 11) is 3.08. The maximum Gasteiger partial charge on any atom is 0.306 e. The molecule has 1 aliphatic heterocycles. The number of anilines is 1. The van der Waals surface area contributed by atoms with Crippen LogP contribution in [0.3, 0.4) is 0 Å². The lowest BCUT2D eigenvalue weighted by molar-refractivity contribution is 0.0711. The van der Waals surface area contributed by atoms with Crippen LogP contribution in [0.4, 0.5) is 10.3 Å². The summed E-state index contributed by atoms with van der Waals surface area (Å²) >= 11 is 0. The van der Waals surface area contributed by atoms with Crippen LogP contribution in [0.15, 0.2) is 71.6 Å². The van der Waals surface area contributed by atoms with E-state index in [0.29, 0.717) is 59.0 Å². The van der Waals surface area contributed by atoms with Crippen LogP contribution >= 0.6 is 0 Å². The van der Waals surface area contributed by atoms with E-state index in [-0.39, 0.29) is 17.8 Å². The van der Waals surface area contributed by atoms with E-state index in [4.69, 9.17) is 18.9 Å². The Bertz CT molecular complexity index is 1630. The molecule has 1 N–H and O–H groups in total. The third kappa shape index (κ3) is 4.70. The van der Waals surface area contributed by atoms with Gasteiger partial charge in [-0.15, -0.1) is 0 Å². The Morgan fingerprint density at radius 3 is 2.45 bits per heavy atom. The summed E-state index contributed by atoms with van der Waals surface area (Å²) in [5.74, 6) is 1.41. The van der Waals surface area contributed by atoms with Gasteiger partial charge in [0.05, 0.1) is 19.9 Å². The summed E-state index contributed by atoms with van der Waals surface area (Å²) in [6, 6.07) is 13.3. The van der Waals surface area contributed by atoms with E-state index in [0.717, 1.165) is 18.4 Å². The number of amides is 1. The number of nitrogens with zero attached hydrogens (tertiary/aromatic N) is 5. The zero-order valence-corrected chi connectivity index (χ0v) is 22.0. The quantitative estimate of drug-likeness (QED) is 0.309. The van der Waals surface area contributed by atoms with Gasteiger partial charge in [0.1, 0.15) is 40.5 Å². The Morgan fingerprint density at radius 1 is 1.02 bits per heavy atom. The van der Waals surface area contributed by atoms with E-state index in [1.54, 1.807) is 73.7 Å². The van der Waals surface area contributed by atoms with Crippen molar-refractivity contribution in [3.8, 4) is 34.1 Å². The van der Waals surface area contributed by atoms with Gasteiger partial charge in [0.25, 0.3) is 5.91 Å². The van der Waals surface area contributed by atoms with Gasteiger partial charge in [-0.1, -0.05) is 6.07 Å². The molecule has 0 saturated carbocycles. The molecule has 0 spiro atoms. The second-order valence-corrected chi connectivity index (χ2v) is 9.39. The number of rotatable bonds is 7. The molecule has 11 heteroatoms. The molecule has 0 unspecified atom stereocenters. The maximum absolute atomic E-state index is 13.6. The lowest BCUT2D eigenvalue weighted by Crippen LogP contribution is -2.42. The van der Waals surface area contributed by atoms with Crippen LogP contribution in [0.2, 0.25) is 0 Å². The number of ether oxygens (including phenoxy) is 2. The smallest absolute Gasteiger partial charge is 0.306 e. The predicted octanol–water partition coefficient (Wildman–Crippen LogP) is 4.92. The van der Waals surface area contributed by atoms with Crippen molar-refractivity contribution in [1.29, 1.82) is 0 Å². The zero-order valence-electron chi connectivity index (χ0n) is 22.0. The van der Waals surface area contributed by atoms with Crippen LogP contribution in [-0.4, -0.2) is 63.5 Å². The molecule has 3 aromatic heterocycles. The topological polar surface area (TPSA) is 107 Å². The highest BCUT2D eigenvalue weighted by Gasteiger charge is 2.28. The molecule has 1 amide bonds. The first-order valence-corrected chi connectivity index (χ1v) is 12.9. The maximum atomic E-state index is 13.6. The normalized spacial score (nSPS) is 13.9. The molecule has 1 saturated heterocycles. The van der Waals surface area contributed by atoms with Crippen LogP contribution in [-0.2, 0) is 0 Å². The van der Waals surface area contributed by atoms with E-state index in [1.807, 2.05) is 4.90 Å². The third-order valence-corrected chi connectivity index (χ3v) is 7.04. The minimum absolute atomic E-state index is 0.0785. The molecule has 1 aliphatic rings. The van der Waals surface area contributed by atoms with Crippen LogP contribution in [0.1, 0.15) is 23.2 Å². The number of aromatic nitrogens is 4. The number of fused-ring (bicyclic) bond motifs is 1. The first kappa shape index (κ1) is 25.4. The molecule has 40 heavy (non-hydrogen) atoms. The van der Waals surface area contributed by atoms with Crippen molar-refractivity contribution in [2.45, 2.75) is 18.9 Å². The van der Waals surface area contributed by atoms with Gasteiger partial charge in [0.15, 0.2) is 0 Å². The Balaban J connectivity index is 1.19. The molecular weight excluding hydrogens is 515 g/mol. The van der Waals surface area contributed by atoms with Crippen molar-refractivity contribution in [2.75, 3.05) is 32.6 Å². The molecule has 0 aliphatic carbocycles. The number of methoxy groups -OCH3 is 2. The molecule has 6 rings (SSSR count). The summed E-state index contributed by atoms with van der Waals surface area (Å²) < 4.78 is 31.7. The summed E-state index contributed by atoms with van der Waals surface area (Å²) in [4.78, 5) is 29.0. The molecule has 0 atom stereocenters. The molecule has 204 valence electrons. The Morgan fingerprint density at radius 2 is 1.75 bits per heavy atom. The van der Waals surface area contributed by atoms with Crippen molar-refractivity contribution < 1.29 is 23.1 Å². The van der Waals surface area contributed by atoms with E-state index >= 15 is 0 Å². The Hall–Kier alpha value is -4.93. The number of likely N-dealkylation sites (tertiary alicyclic amines) is 1. The van der Waals surface area contributed by atoms with Crippen LogP contribution in [0, 0.1) is 5.82 Å². The number of benzene rings is 2. The van der Waals surface area contributed by atoms with Crippen LogP contribution < -0.4 is 14.8 Å². The van der Waals surface area contributed by atoms with Crippen molar-refractivity contribution in [3.05, 3.63) is 78.6 Å². The van der Waals surface area contributed by atoms with Gasteiger partial charge in [-0.05, 0) is 55.3 Å².